The maximum Gasteiger partial charge on any atom is 0.416 e. The normalized spacial score (nSPS) is 19.5. The fraction of sp³-hybridized carbons (Fsp3) is 0.316. The minimum Gasteiger partial charge on any atom is -0.374 e. The van der Waals surface area contributed by atoms with Gasteiger partial charge < -0.3 is 15.4 Å². The van der Waals surface area contributed by atoms with Crippen LogP contribution in [0.1, 0.15) is 22.3 Å². The number of benzene rings is 2. The fourth-order valence-corrected chi connectivity index (χ4v) is 3.22. The van der Waals surface area contributed by atoms with E-state index in [1.165, 1.54) is 0 Å². The van der Waals surface area contributed by atoms with E-state index in [2.05, 4.69) is 10.6 Å². The number of rotatable bonds is 5. The number of halogens is 7. The summed E-state index contributed by atoms with van der Waals surface area (Å²) < 4.78 is 83.4. The topological polar surface area (TPSA) is 50.4 Å². The number of urea groups is 1. The first-order chi connectivity index (χ1) is 13.9. The molecule has 2 N–H and O–H groups in total. The lowest BCUT2D eigenvalue weighted by Crippen LogP contribution is -2.44. The van der Waals surface area contributed by atoms with Crippen molar-refractivity contribution in [2.75, 3.05) is 13.2 Å². The summed E-state index contributed by atoms with van der Waals surface area (Å²) in [5, 5.41) is 5.71. The number of amides is 2. The van der Waals surface area contributed by atoms with Crippen molar-refractivity contribution in [2.45, 2.75) is 24.5 Å². The Hall–Kier alpha value is -2.46. The number of carbonyl (C=O) groups excluding carboxylic acids is 1. The molecule has 1 fully saturated rings. The van der Waals surface area contributed by atoms with E-state index in [9.17, 15) is 31.1 Å². The second kappa shape index (κ2) is 7.99. The van der Waals surface area contributed by atoms with Crippen LogP contribution in [0.5, 0.6) is 0 Å². The molecule has 2 amide bonds. The Bertz CT molecular complexity index is 898. The Morgan fingerprint density at radius 1 is 0.967 bits per heavy atom. The van der Waals surface area contributed by atoms with Crippen LogP contribution in [0.15, 0.2) is 42.5 Å². The molecular formula is C19H15ClF6N2O2. The highest BCUT2D eigenvalue weighted by Gasteiger charge is 2.40. The molecule has 1 saturated heterocycles. The maximum absolute atomic E-state index is 13.0. The van der Waals surface area contributed by atoms with Crippen molar-refractivity contribution in [3.05, 3.63) is 69.7 Å². The van der Waals surface area contributed by atoms with Gasteiger partial charge in [0.15, 0.2) is 0 Å². The number of carbonyl (C=O) groups is 1. The second-order valence-corrected chi connectivity index (χ2v) is 7.24. The van der Waals surface area contributed by atoms with Crippen molar-refractivity contribution in [2.24, 2.45) is 0 Å². The molecule has 0 spiro atoms. The molecule has 1 unspecified atom stereocenters. The summed E-state index contributed by atoms with van der Waals surface area (Å²) in [5.74, 6) is 0. The average Bonchev–Trinajstić information content (AvgIpc) is 3.02. The van der Waals surface area contributed by atoms with Gasteiger partial charge in [-0.05, 0) is 41.5 Å². The van der Waals surface area contributed by atoms with Gasteiger partial charge in [-0.2, -0.15) is 26.3 Å². The summed E-state index contributed by atoms with van der Waals surface area (Å²) in [4.78, 5) is 11.7. The average molecular weight is 453 g/mol. The van der Waals surface area contributed by atoms with E-state index < -0.39 is 41.7 Å². The molecule has 1 atom stereocenters. The smallest absolute Gasteiger partial charge is 0.374 e. The van der Waals surface area contributed by atoms with Crippen LogP contribution in [0, 0.1) is 0 Å². The predicted octanol–water partition coefficient (Wildman–Crippen LogP) is 5.10. The molecular weight excluding hydrogens is 438 g/mol. The molecule has 1 heterocycles. The summed E-state index contributed by atoms with van der Waals surface area (Å²) in [5.41, 5.74) is -3.56. The van der Waals surface area contributed by atoms with E-state index in [1.807, 2.05) is 0 Å². The van der Waals surface area contributed by atoms with E-state index in [-0.39, 0.29) is 24.8 Å². The van der Waals surface area contributed by atoms with Gasteiger partial charge in [-0.15, -0.1) is 0 Å². The van der Waals surface area contributed by atoms with Crippen molar-refractivity contribution in [3.63, 3.8) is 0 Å². The zero-order valence-corrected chi connectivity index (χ0v) is 15.9. The monoisotopic (exact) mass is 452 g/mol. The van der Waals surface area contributed by atoms with Gasteiger partial charge >= 0.3 is 18.4 Å². The molecule has 3 rings (SSSR count). The number of ether oxygens (including phenoxy) is 1. The van der Waals surface area contributed by atoms with Gasteiger partial charge in [-0.1, -0.05) is 23.7 Å². The number of nitrogens with one attached hydrogen (secondary N) is 2. The first-order valence-corrected chi connectivity index (χ1v) is 8.95. The quantitative estimate of drug-likeness (QED) is 0.620. The maximum atomic E-state index is 13.0. The van der Waals surface area contributed by atoms with E-state index in [4.69, 9.17) is 16.3 Å². The van der Waals surface area contributed by atoms with Crippen LogP contribution in [-0.2, 0) is 29.2 Å². The van der Waals surface area contributed by atoms with Crippen molar-refractivity contribution in [3.8, 4) is 0 Å². The first-order valence-electron chi connectivity index (χ1n) is 8.57. The Labute approximate surface area is 172 Å². The highest BCUT2D eigenvalue weighted by molar-refractivity contribution is 6.30. The molecule has 1 aliphatic heterocycles. The Morgan fingerprint density at radius 3 is 2.00 bits per heavy atom. The molecule has 0 bridgehead atoms. The van der Waals surface area contributed by atoms with Gasteiger partial charge in [-0.3, -0.25) is 0 Å². The molecule has 0 saturated carbocycles. The lowest BCUT2D eigenvalue weighted by Gasteiger charge is -2.28. The SMILES string of the molecule is O=C1NCC(COCc2cc(C(F)(F)F)cc(C(F)(F)F)c2)(c2ccc(Cl)cc2)N1. The number of hydrogen-bond acceptors (Lipinski definition) is 2. The van der Waals surface area contributed by atoms with Crippen LogP contribution >= 0.6 is 11.6 Å². The van der Waals surface area contributed by atoms with Gasteiger partial charge in [0.2, 0.25) is 0 Å². The van der Waals surface area contributed by atoms with Gasteiger partial charge in [0, 0.05) is 11.6 Å². The first kappa shape index (κ1) is 22.2. The second-order valence-electron chi connectivity index (χ2n) is 6.80. The van der Waals surface area contributed by atoms with Crippen molar-refractivity contribution in [1.82, 2.24) is 10.6 Å². The molecule has 1 aliphatic rings. The zero-order valence-electron chi connectivity index (χ0n) is 15.1. The van der Waals surface area contributed by atoms with Crippen LogP contribution in [-0.4, -0.2) is 19.2 Å². The molecule has 11 heteroatoms. The number of alkyl halides is 6. The summed E-state index contributed by atoms with van der Waals surface area (Å²) in [6.45, 7) is -0.590. The van der Waals surface area contributed by atoms with Crippen molar-refractivity contribution in [1.29, 1.82) is 0 Å². The van der Waals surface area contributed by atoms with Crippen LogP contribution in [0.3, 0.4) is 0 Å². The lowest BCUT2D eigenvalue weighted by atomic mass is 9.92. The minimum atomic E-state index is -4.94. The highest BCUT2D eigenvalue weighted by Crippen LogP contribution is 2.36. The third kappa shape index (κ3) is 4.99. The van der Waals surface area contributed by atoms with Crippen LogP contribution < -0.4 is 10.6 Å². The van der Waals surface area contributed by atoms with Crippen molar-refractivity contribution >= 4 is 17.6 Å². The molecule has 2 aromatic carbocycles. The summed E-state index contributed by atoms with van der Waals surface area (Å²) in [6.07, 6.45) is -9.88. The van der Waals surface area contributed by atoms with Crippen LogP contribution in [0.2, 0.25) is 5.02 Å². The molecule has 0 aromatic heterocycles. The van der Waals surface area contributed by atoms with Crippen LogP contribution in [0.25, 0.3) is 0 Å². The standard InChI is InChI=1S/C19H15ClF6N2O2/c20-15-3-1-12(2-4-15)17(9-27-16(29)28-17)10-30-8-11-5-13(18(21,22)23)7-14(6-11)19(24,25)26/h1-7H,8-10H2,(H2,27,28,29). The summed E-state index contributed by atoms with van der Waals surface area (Å²) in [7, 11) is 0. The summed E-state index contributed by atoms with van der Waals surface area (Å²) >= 11 is 5.86. The van der Waals surface area contributed by atoms with Crippen LogP contribution in [0.4, 0.5) is 31.1 Å². The third-order valence-electron chi connectivity index (χ3n) is 4.56. The van der Waals surface area contributed by atoms with Crippen molar-refractivity contribution < 1.29 is 35.9 Å². The Morgan fingerprint density at radius 2 is 1.53 bits per heavy atom. The van der Waals surface area contributed by atoms with Gasteiger partial charge in [0.05, 0.1) is 24.3 Å². The van der Waals surface area contributed by atoms with Gasteiger partial charge in [0.1, 0.15) is 5.54 Å². The molecule has 4 nitrogen and oxygen atoms in total. The largest absolute Gasteiger partial charge is 0.416 e. The Balaban J connectivity index is 1.81. The predicted molar refractivity (Wildman–Crippen MR) is 95.8 cm³/mol. The summed E-state index contributed by atoms with van der Waals surface area (Å²) in [6, 6.07) is 7.25. The lowest BCUT2D eigenvalue weighted by molar-refractivity contribution is -0.143. The third-order valence-corrected chi connectivity index (χ3v) is 4.82. The Kier molecular flexibility index (Phi) is 5.92. The number of hydrogen-bond donors (Lipinski definition) is 2. The van der Waals surface area contributed by atoms with E-state index in [0.29, 0.717) is 22.7 Å². The minimum absolute atomic E-state index is 0.0554. The molecule has 2 aromatic rings. The molecule has 162 valence electrons. The zero-order chi connectivity index (χ0) is 22.2. The van der Waals surface area contributed by atoms with E-state index in [1.54, 1.807) is 24.3 Å². The molecule has 0 radical (unpaired) electrons. The van der Waals surface area contributed by atoms with Gasteiger partial charge in [-0.25, -0.2) is 4.79 Å². The fourth-order valence-electron chi connectivity index (χ4n) is 3.10. The van der Waals surface area contributed by atoms with E-state index in [0.717, 1.165) is 0 Å². The highest BCUT2D eigenvalue weighted by atomic mass is 35.5. The van der Waals surface area contributed by atoms with Gasteiger partial charge in [0.25, 0.3) is 0 Å². The molecule has 30 heavy (non-hydrogen) atoms. The van der Waals surface area contributed by atoms with E-state index >= 15 is 0 Å². The molecule has 0 aliphatic carbocycles.